The van der Waals surface area contributed by atoms with Gasteiger partial charge in [0.1, 0.15) is 0 Å². The van der Waals surface area contributed by atoms with E-state index in [1.807, 2.05) is 18.7 Å². The molecule has 174 valence electrons. The Hall–Kier alpha value is -1.84. The molecular formula is C27H44N2O2. The van der Waals surface area contributed by atoms with Gasteiger partial charge in [-0.2, -0.15) is 0 Å². The van der Waals surface area contributed by atoms with Crippen molar-refractivity contribution in [3.05, 3.63) is 29.8 Å². The lowest BCUT2D eigenvalue weighted by Crippen LogP contribution is -2.34. The molecule has 1 aromatic carbocycles. The van der Waals surface area contributed by atoms with E-state index in [-0.39, 0.29) is 17.2 Å². The van der Waals surface area contributed by atoms with Crippen LogP contribution in [0, 0.1) is 11.3 Å². The third-order valence-corrected chi connectivity index (χ3v) is 6.58. The van der Waals surface area contributed by atoms with Crippen LogP contribution in [-0.2, 0) is 9.59 Å². The van der Waals surface area contributed by atoms with Crippen molar-refractivity contribution in [2.75, 3.05) is 18.0 Å². The summed E-state index contributed by atoms with van der Waals surface area (Å²) >= 11 is 0. The number of benzene rings is 1. The second-order valence-electron chi connectivity index (χ2n) is 9.65. The topological polar surface area (TPSA) is 49.4 Å². The van der Waals surface area contributed by atoms with Crippen molar-refractivity contribution in [3.8, 4) is 0 Å². The fraction of sp³-hybridized carbons (Fsp3) is 0.704. The molecule has 0 unspecified atom stereocenters. The number of unbranched alkanes of at least 4 members (excludes halogenated alkanes) is 1. The van der Waals surface area contributed by atoms with Crippen LogP contribution in [0.1, 0.15) is 104 Å². The van der Waals surface area contributed by atoms with Crippen molar-refractivity contribution >= 4 is 17.5 Å². The Kier molecular flexibility index (Phi) is 10.1. The fourth-order valence-corrected chi connectivity index (χ4v) is 4.55. The van der Waals surface area contributed by atoms with Crippen LogP contribution >= 0.6 is 0 Å². The first-order chi connectivity index (χ1) is 14.9. The van der Waals surface area contributed by atoms with Gasteiger partial charge in [0, 0.05) is 24.7 Å². The molecule has 1 N–H and O–H groups in total. The molecule has 2 aliphatic rings. The molecule has 1 aliphatic carbocycles. The number of nitrogens with zero attached hydrogens (tertiary/aromatic N) is 1. The van der Waals surface area contributed by atoms with Gasteiger partial charge in [0.15, 0.2) is 0 Å². The molecule has 0 radical (unpaired) electrons. The molecule has 4 heteroatoms. The molecule has 1 saturated carbocycles. The van der Waals surface area contributed by atoms with Crippen LogP contribution in [0.2, 0.25) is 0 Å². The highest BCUT2D eigenvalue weighted by Gasteiger charge is 2.45. The molecule has 1 heterocycles. The number of hydrogen-bond donors (Lipinski definition) is 1. The van der Waals surface area contributed by atoms with Crippen LogP contribution in [-0.4, -0.2) is 24.9 Å². The summed E-state index contributed by atoms with van der Waals surface area (Å²) in [5, 5.41) is 2.84. The normalized spacial score (nSPS) is 17.5. The predicted octanol–water partition coefficient (Wildman–Crippen LogP) is 6.45. The van der Waals surface area contributed by atoms with E-state index in [9.17, 15) is 9.59 Å². The first-order valence-electron chi connectivity index (χ1n) is 12.6. The first-order valence-corrected chi connectivity index (χ1v) is 12.6. The minimum absolute atomic E-state index is 0.0847. The summed E-state index contributed by atoms with van der Waals surface area (Å²) in [5.41, 5.74) is 2.45. The van der Waals surface area contributed by atoms with Crippen LogP contribution in [0.4, 0.5) is 5.69 Å². The number of hydrogen-bond acceptors (Lipinski definition) is 2. The Morgan fingerprint density at radius 3 is 2.16 bits per heavy atom. The van der Waals surface area contributed by atoms with Crippen LogP contribution in [0.15, 0.2) is 24.3 Å². The molecule has 0 aromatic heterocycles. The number of carbonyl (C=O) groups excluding carboxylic acids is 2. The maximum absolute atomic E-state index is 13.0. The maximum Gasteiger partial charge on any atom is 0.233 e. The Morgan fingerprint density at radius 1 is 1.06 bits per heavy atom. The Bertz CT molecular complexity index is 686. The van der Waals surface area contributed by atoms with Crippen LogP contribution in [0.3, 0.4) is 0 Å². The van der Waals surface area contributed by atoms with Gasteiger partial charge in [-0.1, -0.05) is 66.0 Å². The second-order valence-corrected chi connectivity index (χ2v) is 9.65. The lowest BCUT2D eigenvalue weighted by molar-refractivity contribution is -0.126. The lowest BCUT2D eigenvalue weighted by Gasteiger charge is -2.27. The van der Waals surface area contributed by atoms with Gasteiger partial charge in [-0.3, -0.25) is 9.59 Å². The Balaban J connectivity index is 0.000000291. The van der Waals surface area contributed by atoms with Crippen molar-refractivity contribution in [2.45, 2.75) is 98.3 Å². The molecule has 0 atom stereocenters. The largest absolute Gasteiger partial charge is 0.356 e. The molecule has 2 fully saturated rings. The highest BCUT2D eigenvalue weighted by atomic mass is 16.2. The summed E-state index contributed by atoms with van der Waals surface area (Å²) in [5.74, 6) is 1.43. The summed E-state index contributed by atoms with van der Waals surface area (Å²) < 4.78 is 0. The van der Waals surface area contributed by atoms with Crippen molar-refractivity contribution in [1.82, 2.24) is 5.32 Å². The van der Waals surface area contributed by atoms with Crippen molar-refractivity contribution in [1.29, 1.82) is 0 Å². The zero-order valence-corrected chi connectivity index (χ0v) is 20.5. The van der Waals surface area contributed by atoms with Gasteiger partial charge >= 0.3 is 0 Å². The zero-order chi connectivity index (χ0) is 22.9. The SMILES string of the molecule is CCCC1(CCC)CCN(c2ccc(C3CC3)cc2)C1=O.CCCCNC(=O)C(C)C. The smallest absolute Gasteiger partial charge is 0.233 e. The highest BCUT2D eigenvalue weighted by molar-refractivity contribution is 5.99. The Labute approximate surface area is 190 Å². The highest BCUT2D eigenvalue weighted by Crippen LogP contribution is 2.44. The van der Waals surface area contributed by atoms with E-state index < -0.39 is 0 Å². The first kappa shape index (κ1) is 25.4. The molecule has 31 heavy (non-hydrogen) atoms. The molecule has 1 saturated heterocycles. The van der Waals surface area contributed by atoms with Crippen LogP contribution in [0.5, 0.6) is 0 Å². The summed E-state index contributed by atoms with van der Waals surface area (Å²) in [4.78, 5) is 25.9. The average Bonchev–Trinajstić information content (AvgIpc) is 3.56. The van der Waals surface area contributed by atoms with E-state index in [1.54, 1.807) is 0 Å². The van der Waals surface area contributed by atoms with Gasteiger partial charge in [-0.05, 0) is 62.1 Å². The number of carbonyl (C=O) groups is 2. The molecule has 0 spiro atoms. The predicted molar refractivity (Wildman–Crippen MR) is 130 cm³/mol. The second kappa shape index (κ2) is 12.3. The molecular weight excluding hydrogens is 384 g/mol. The minimum atomic E-state index is -0.0847. The lowest BCUT2D eigenvalue weighted by atomic mass is 9.78. The molecule has 1 aliphatic heterocycles. The third kappa shape index (κ3) is 7.08. The quantitative estimate of drug-likeness (QED) is 0.436. The maximum atomic E-state index is 13.0. The standard InChI is InChI=1S/C19H27NO.C8H17NO/c1-3-11-19(12-4-2)13-14-20(18(19)21)17-9-7-16(8-10-17)15-5-6-15;1-4-5-6-9-8(10)7(2)3/h7-10,15H,3-6,11-14H2,1-2H3;7H,4-6H2,1-3H3,(H,9,10). The summed E-state index contributed by atoms with van der Waals surface area (Å²) in [7, 11) is 0. The molecule has 0 bridgehead atoms. The zero-order valence-electron chi connectivity index (χ0n) is 20.5. The summed E-state index contributed by atoms with van der Waals surface area (Å²) in [6.45, 7) is 12.0. The van der Waals surface area contributed by atoms with Gasteiger partial charge in [-0.15, -0.1) is 0 Å². The van der Waals surface area contributed by atoms with Gasteiger partial charge in [0.05, 0.1) is 5.41 Å². The summed E-state index contributed by atoms with van der Waals surface area (Å²) in [6, 6.07) is 8.75. The van der Waals surface area contributed by atoms with E-state index >= 15 is 0 Å². The van der Waals surface area contributed by atoms with Crippen molar-refractivity contribution < 1.29 is 9.59 Å². The van der Waals surface area contributed by atoms with Gasteiger partial charge in [0.25, 0.3) is 0 Å². The molecule has 2 amide bonds. The van der Waals surface area contributed by atoms with Gasteiger partial charge < -0.3 is 10.2 Å². The molecule has 1 aromatic rings. The van der Waals surface area contributed by atoms with Crippen molar-refractivity contribution in [3.63, 3.8) is 0 Å². The molecule has 3 rings (SSSR count). The third-order valence-electron chi connectivity index (χ3n) is 6.58. The van der Waals surface area contributed by atoms with E-state index in [1.165, 1.54) is 18.4 Å². The number of nitrogens with one attached hydrogen (secondary N) is 1. The van der Waals surface area contributed by atoms with Crippen LogP contribution in [0.25, 0.3) is 0 Å². The number of amides is 2. The number of rotatable bonds is 10. The minimum Gasteiger partial charge on any atom is -0.356 e. The molecule has 4 nitrogen and oxygen atoms in total. The monoisotopic (exact) mass is 428 g/mol. The number of anilines is 1. The van der Waals surface area contributed by atoms with E-state index in [2.05, 4.69) is 50.4 Å². The van der Waals surface area contributed by atoms with E-state index in [0.29, 0.717) is 5.91 Å². The van der Waals surface area contributed by atoms with Crippen LogP contribution < -0.4 is 10.2 Å². The van der Waals surface area contributed by atoms with E-state index in [0.717, 1.165) is 69.6 Å². The van der Waals surface area contributed by atoms with Gasteiger partial charge in [0.2, 0.25) is 11.8 Å². The van der Waals surface area contributed by atoms with Gasteiger partial charge in [-0.25, -0.2) is 0 Å². The van der Waals surface area contributed by atoms with Crippen molar-refractivity contribution in [2.24, 2.45) is 11.3 Å². The average molecular weight is 429 g/mol. The fourth-order valence-electron chi connectivity index (χ4n) is 4.55. The van der Waals surface area contributed by atoms with E-state index in [4.69, 9.17) is 0 Å². The summed E-state index contributed by atoms with van der Waals surface area (Å²) in [6.07, 6.45) is 10.2. The Morgan fingerprint density at radius 2 is 1.68 bits per heavy atom.